The minimum absolute atomic E-state index is 0.226. The van der Waals surface area contributed by atoms with Crippen LogP contribution >= 0.6 is 11.6 Å². The molecule has 5 rings (SSSR count). The molecule has 2 aromatic carbocycles. The van der Waals surface area contributed by atoms with Crippen LogP contribution in [-0.4, -0.2) is 59.4 Å². The molecule has 0 fully saturated rings. The maximum Gasteiger partial charge on any atom is 0.255 e. The van der Waals surface area contributed by atoms with E-state index < -0.39 is 30.4 Å². The van der Waals surface area contributed by atoms with Crippen molar-refractivity contribution in [2.75, 3.05) is 11.9 Å². The number of benzene rings is 2. The van der Waals surface area contributed by atoms with Gasteiger partial charge < -0.3 is 20.6 Å². The molecule has 4 aromatic rings. The van der Waals surface area contributed by atoms with E-state index in [1.807, 2.05) is 0 Å². The maximum atomic E-state index is 13.6. The molecular formula is C26H24ClFN8O3. The van der Waals surface area contributed by atoms with E-state index in [0.29, 0.717) is 33.2 Å². The number of aliphatic hydroxyl groups excluding tert-OH is 1. The Morgan fingerprint density at radius 3 is 2.77 bits per heavy atom. The van der Waals surface area contributed by atoms with Crippen molar-refractivity contribution in [3.63, 3.8) is 0 Å². The molecule has 1 aliphatic rings. The van der Waals surface area contributed by atoms with Crippen molar-refractivity contribution < 1.29 is 19.1 Å². The number of hydrogen-bond acceptors (Lipinski definition) is 8. The third kappa shape index (κ3) is 5.42. The third-order valence-corrected chi connectivity index (χ3v) is 6.67. The van der Waals surface area contributed by atoms with Crippen LogP contribution in [0.15, 0.2) is 54.9 Å². The largest absolute Gasteiger partial charge is 0.394 e. The number of aromatic nitrogens is 5. The molecule has 2 aromatic heterocycles. The maximum absolute atomic E-state index is 13.6. The van der Waals surface area contributed by atoms with Crippen molar-refractivity contribution in [2.45, 2.75) is 25.6 Å². The summed E-state index contributed by atoms with van der Waals surface area (Å²) in [7, 11) is 1.68. The van der Waals surface area contributed by atoms with Gasteiger partial charge in [-0.1, -0.05) is 35.9 Å². The number of aryl methyl sites for hydroxylation is 1. The number of aliphatic hydroxyl groups is 1. The van der Waals surface area contributed by atoms with Crippen LogP contribution in [0.1, 0.15) is 34.5 Å². The van der Waals surface area contributed by atoms with Crippen LogP contribution in [0.4, 0.5) is 16.2 Å². The van der Waals surface area contributed by atoms with Gasteiger partial charge in [-0.2, -0.15) is 9.90 Å². The molecule has 11 nitrogen and oxygen atoms in total. The number of anilines is 2. The number of carbonyl (C=O) groups is 2. The highest BCUT2D eigenvalue weighted by Gasteiger charge is 2.35. The zero-order chi connectivity index (χ0) is 27.7. The third-order valence-electron chi connectivity index (χ3n) is 6.40. The summed E-state index contributed by atoms with van der Waals surface area (Å²) in [6.45, 7) is 1.41. The van der Waals surface area contributed by atoms with Gasteiger partial charge in [0.1, 0.15) is 11.9 Å². The molecule has 3 N–H and O–H groups in total. The minimum atomic E-state index is -0.846. The number of carbonyl (C=O) groups excluding carboxylic acids is 2. The first-order valence-electron chi connectivity index (χ1n) is 12.0. The number of nitrogens with zero attached hydrogens (tertiary/aromatic N) is 6. The minimum Gasteiger partial charge on any atom is -0.394 e. The van der Waals surface area contributed by atoms with E-state index in [0.717, 1.165) is 5.56 Å². The number of rotatable bonds is 8. The van der Waals surface area contributed by atoms with Crippen molar-refractivity contribution in [3.8, 4) is 11.3 Å². The molecule has 39 heavy (non-hydrogen) atoms. The van der Waals surface area contributed by atoms with Gasteiger partial charge in [0.25, 0.3) is 5.91 Å². The number of hydrogen-bond donors (Lipinski definition) is 3. The summed E-state index contributed by atoms with van der Waals surface area (Å²) in [5, 5.41) is 23.9. The highest BCUT2D eigenvalue weighted by Crippen LogP contribution is 2.32. The van der Waals surface area contributed by atoms with Crippen LogP contribution in [0.5, 0.6) is 0 Å². The first kappa shape index (κ1) is 26.2. The Hall–Kier alpha value is -4.42. The zero-order valence-corrected chi connectivity index (χ0v) is 21.7. The van der Waals surface area contributed by atoms with Crippen LogP contribution in [0, 0.1) is 5.82 Å². The summed E-state index contributed by atoms with van der Waals surface area (Å²) in [5.41, 5.74) is 2.61. The SMILES string of the molecule is CC(C(=O)NC(CO)c1cccc(F)c1)N1Cc2ccc(-c3nc(Nc4cnn(C)n4)ncc3Cl)cc2C1=O. The average Bonchev–Trinajstić information content (AvgIpc) is 3.49. The van der Waals surface area contributed by atoms with Gasteiger partial charge in [0.15, 0.2) is 5.82 Å². The van der Waals surface area contributed by atoms with E-state index in [1.165, 1.54) is 40.3 Å². The molecule has 0 saturated carbocycles. The summed E-state index contributed by atoms with van der Waals surface area (Å²) in [6, 6.07) is 9.26. The normalized spacial score (nSPS) is 14.2. The van der Waals surface area contributed by atoms with Crippen molar-refractivity contribution in [2.24, 2.45) is 7.05 Å². The highest BCUT2D eigenvalue weighted by molar-refractivity contribution is 6.33. The molecule has 1 aliphatic heterocycles. The van der Waals surface area contributed by atoms with Crippen molar-refractivity contribution in [1.29, 1.82) is 0 Å². The van der Waals surface area contributed by atoms with Gasteiger partial charge >= 0.3 is 0 Å². The number of nitrogens with one attached hydrogen (secondary N) is 2. The van der Waals surface area contributed by atoms with Crippen LogP contribution < -0.4 is 10.6 Å². The molecule has 0 saturated heterocycles. The molecule has 2 atom stereocenters. The van der Waals surface area contributed by atoms with E-state index in [9.17, 15) is 19.1 Å². The predicted octanol–water partition coefficient (Wildman–Crippen LogP) is 3.00. The average molecular weight is 551 g/mol. The van der Waals surface area contributed by atoms with Crippen molar-refractivity contribution >= 4 is 35.2 Å². The summed E-state index contributed by atoms with van der Waals surface area (Å²) in [6.07, 6.45) is 2.98. The first-order chi connectivity index (χ1) is 18.7. The molecule has 13 heteroatoms. The Labute approximate surface area is 227 Å². The van der Waals surface area contributed by atoms with Crippen LogP contribution in [-0.2, 0) is 18.4 Å². The van der Waals surface area contributed by atoms with E-state index in [1.54, 1.807) is 38.2 Å². The van der Waals surface area contributed by atoms with E-state index in [2.05, 4.69) is 30.8 Å². The number of fused-ring (bicyclic) bond motifs is 1. The molecule has 0 aliphatic carbocycles. The summed E-state index contributed by atoms with van der Waals surface area (Å²) in [5.74, 6) is -0.569. The van der Waals surface area contributed by atoms with E-state index >= 15 is 0 Å². The summed E-state index contributed by atoms with van der Waals surface area (Å²) < 4.78 is 13.6. The molecule has 2 unspecified atom stereocenters. The molecule has 0 spiro atoms. The monoisotopic (exact) mass is 550 g/mol. The highest BCUT2D eigenvalue weighted by atomic mass is 35.5. The fourth-order valence-corrected chi connectivity index (χ4v) is 4.52. The zero-order valence-electron chi connectivity index (χ0n) is 21.0. The van der Waals surface area contributed by atoms with Crippen LogP contribution in [0.25, 0.3) is 11.3 Å². The lowest BCUT2D eigenvalue weighted by atomic mass is 10.0. The van der Waals surface area contributed by atoms with Crippen LogP contribution in [0.3, 0.4) is 0 Å². The molecular weight excluding hydrogens is 527 g/mol. The van der Waals surface area contributed by atoms with Gasteiger partial charge in [-0.25, -0.2) is 14.4 Å². The smallest absolute Gasteiger partial charge is 0.255 e. The number of amides is 2. The second-order valence-corrected chi connectivity index (χ2v) is 9.42. The lowest BCUT2D eigenvalue weighted by Crippen LogP contribution is -2.46. The second kappa shape index (κ2) is 10.8. The topological polar surface area (TPSA) is 138 Å². The lowest BCUT2D eigenvalue weighted by Gasteiger charge is -2.26. The van der Waals surface area contributed by atoms with Gasteiger partial charge in [-0.3, -0.25) is 9.59 Å². The van der Waals surface area contributed by atoms with E-state index in [-0.39, 0.29) is 18.4 Å². The lowest BCUT2D eigenvalue weighted by molar-refractivity contribution is -0.126. The van der Waals surface area contributed by atoms with Gasteiger partial charge in [0.05, 0.1) is 35.8 Å². The van der Waals surface area contributed by atoms with Crippen molar-refractivity contribution in [1.82, 2.24) is 35.2 Å². The quantitative estimate of drug-likeness (QED) is 0.304. The second-order valence-electron chi connectivity index (χ2n) is 9.01. The van der Waals surface area contributed by atoms with Gasteiger partial charge in [-0.05, 0) is 36.2 Å². The molecule has 0 radical (unpaired) electrons. The van der Waals surface area contributed by atoms with Gasteiger partial charge in [-0.15, -0.1) is 5.10 Å². The Morgan fingerprint density at radius 2 is 2.05 bits per heavy atom. The molecule has 2 amide bonds. The first-order valence-corrected chi connectivity index (χ1v) is 12.4. The van der Waals surface area contributed by atoms with Gasteiger partial charge in [0, 0.05) is 24.7 Å². The summed E-state index contributed by atoms with van der Waals surface area (Å²) in [4.78, 5) is 37.9. The van der Waals surface area contributed by atoms with Crippen molar-refractivity contribution in [3.05, 3.63) is 82.4 Å². The standard InChI is InChI=1S/C26H24ClFN8O3/c1-14(24(38)31-21(13-37)15-4-3-5-18(28)8-15)36-12-17-7-6-16(9-19(17)25(36)39)23-20(27)10-29-26(33-23)32-22-11-30-35(2)34-22/h3-11,14,21,37H,12-13H2,1-2H3,(H,31,38)(H,29,32,33,34). The van der Waals surface area contributed by atoms with E-state index in [4.69, 9.17) is 11.6 Å². The summed E-state index contributed by atoms with van der Waals surface area (Å²) >= 11 is 6.39. The number of halogens is 2. The van der Waals surface area contributed by atoms with Gasteiger partial charge in [0.2, 0.25) is 11.9 Å². The van der Waals surface area contributed by atoms with Crippen LogP contribution in [0.2, 0.25) is 5.02 Å². The Morgan fingerprint density at radius 1 is 1.23 bits per heavy atom. The molecule has 3 heterocycles. The fraction of sp³-hybridized carbons (Fsp3) is 0.231. The Kier molecular flexibility index (Phi) is 7.22. The fourth-order valence-electron chi connectivity index (χ4n) is 4.32. The Bertz CT molecular complexity index is 1560. The Balaban J connectivity index is 1.33. The molecule has 200 valence electrons. The predicted molar refractivity (Wildman–Crippen MR) is 140 cm³/mol. The molecule has 0 bridgehead atoms.